The van der Waals surface area contributed by atoms with Gasteiger partial charge in [-0.3, -0.25) is 0 Å². The lowest BCUT2D eigenvalue weighted by molar-refractivity contribution is 0.319. The molecule has 0 saturated heterocycles. The molecule has 0 aliphatic rings. The lowest BCUT2D eigenvalue weighted by atomic mass is 10.0. The second-order valence-corrected chi connectivity index (χ2v) is 4.17. The Balaban J connectivity index is 2.81. The molecule has 1 unspecified atom stereocenters. The molecule has 0 bridgehead atoms. The van der Waals surface area contributed by atoms with E-state index in [1.807, 2.05) is 19.1 Å². The maximum Gasteiger partial charge on any atom is 0.125 e. The summed E-state index contributed by atoms with van der Waals surface area (Å²) in [5.74, 6) is 0.988. The quantitative estimate of drug-likeness (QED) is 0.590. The number of hydrogen-bond acceptors (Lipinski definition) is 2. The number of rotatable bonds is 6. The van der Waals surface area contributed by atoms with Crippen molar-refractivity contribution in [2.45, 2.75) is 32.7 Å². The van der Waals surface area contributed by atoms with Crippen molar-refractivity contribution >= 4 is 0 Å². The van der Waals surface area contributed by atoms with Crippen LogP contribution in [0.4, 0.5) is 0 Å². The summed E-state index contributed by atoms with van der Waals surface area (Å²) in [6, 6.07) is 6.35. The first-order valence-electron chi connectivity index (χ1n) is 5.73. The van der Waals surface area contributed by atoms with Crippen molar-refractivity contribution in [1.82, 2.24) is 0 Å². The van der Waals surface area contributed by atoms with Crippen molar-refractivity contribution in [3.05, 3.63) is 42.0 Å². The van der Waals surface area contributed by atoms with Gasteiger partial charge in [-0.05, 0) is 37.8 Å². The lowest BCUT2D eigenvalue weighted by Gasteiger charge is -2.15. The van der Waals surface area contributed by atoms with Gasteiger partial charge in [-0.1, -0.05) is 24.3 Å². The van der Waals surface area contributed by atoms with Gasteiger partial charge in [-0.15, -0.1) is 6.58 Å². The van der Waals surface area contributed by atoms with Crippen molar-refractivity contribution in [1.29, 1.82) is 0 Å². The first kappa shape index (κ1) is 12.8. The lowest BCUT2D eigenvalue weighted by Crippen LogP contribution is -2.18. The molecule has 0 fully saturated rings. The van der Waals surface area contributed by atoms with Gasteiger partial charge in [0.1, 0.15) is 5.75 Å². The maximum absolute atomic E-state index is 5.83. The first-order valence-corrected chi connectivity index (χ1v) is 5.73. The van der Waals surface area contributed by atoms with Crippen LogP contribution in [-0.2, 0) is 6.42 Å². The molecule has 0 aromatic heterocycles. The molecule has 2 N–H and O–H groups in total. The van der Waals surface area contributed by atoms with Crippen molar-refractivity contribution < 1.29 is 4.74 Å². The molecule has 0 heterocycles. The van der Waals surface area contributed by atoms with E-state index in [2.05, 4.69) is 25.6 Å². The molecule has 0 aliphatic carbocycles. The third-order valence-corrected chi connectivity index (χ3v) is 2.40. The largest absolute Gasteiger partial charge is 0.493 e. The molecule has 2 heteroatoms. The fraction of sp³-hybridized carbons (Fsp3) is 0.429. The monoisotopic (exact) mass is 219 g/mol. The van der Waals surface area contributed by atoms with Gasteiger partial charge in [0, 0.05) is 6.04 Å². The molecule has 2 nitrogen and oxygen atoms in total. The third kappa shape index (κ3) is 3.70. The molecule has 0 aliphatic heterocycles. The van der Waals surface area contributed by atoms with Crippen LogP contribution in [0.1, 0.15) is 24.5 Å². The Morgan fingerprint density at radius 3 is 2.88 bits per heavy atom. The number of hydrogen-bond donors (Lipinski definition) is 1. The van der Waals surface area contributed by atoms with E-state index in [9.17, 15) is 0 Å². The van der Waals surface area contributed by atoms with Crippen LogP contribution in [0.3, 0.4) is 0 Å². The topological polar surface area (TPSA) is 35.2 Å². The standard InChI is InChI=1S/C14H21NO/c1-4-5-9-16-14-11(2)7-6-8-13(14)10-12(3)15/h4,6-8,12H,1,5,9-10,15H2,2-3H3. The summed E-state index contributed by atoms with van der Waals surface area (Å²) in [6.45, 7) is 8.44. The maximum atomic E-state index is 5.83. The highest BCUT2D eigenvalue weighted by molar-refractivity contribution is 5.41. The van der Waals surface area contributed by atoms with E-state index in [-0.39, 0.29) is 6.04 Å². The van der Waals surface area contributed by atoms with Crippen LogP contribution in [-0.4, -0.2) is 12.6 Å². The van der Waals surface area contributed by atoms with Crippen LogP contribution >= 0.6 is 0 Å². The minimum atomic E-state index is 0.156. The highest BCUT2D eigenvalue weighted by atomic mass is 16.5. The summed E-state index contributed by atoms with van der Waals surface area (Å²) < 4.78 is 5.78. The molecule has 1 aromatic carbocycles. The first-order chi connectivity index (χ1) is 7.65. The summed E-state index contributed by atoms with van der Waals surface area (Å²) in [6.07, 6.45) is 3.58. The van der Waals surface area contributed by atoms with E-state index < -0.39 is 0 Å². The van der Waals surface area contributed by atoms with E-state index in [0.29, 0.717) is 6.61 Å². The number of para-hydroxylation sites is 1. The summed E-state index contributed by atoms with van der Waals surface area (Å²) >= 11 is 0. The Bertz CT molecular complexity index is 345. The fourth-order valence-corrected chi connectivity index (χ4v) is 1.67. The Morgan fingerprint density at radius 2 is 2.25 bits per heavy atom. The molecule has 1 atom stereocenters. The van der Waals surface area contributed by atoms with Crippen LogP contribution in [0, 0.1) is 6.92 Å². The minimum Gasteiger partial charge on any atom is -0.493 e. The predicted molar refractivity (Wildman–Crippen MR) is 68.8 cm³/mol. The number of nitrogens with two attached hydrogens (primary N) is 1. The van der Waals surface area contributed by atoms with E-state index in [0.717, 1.165) is 18.6 Å². The second-order valence-electron chi connectivity index (χ2n) is 4.17. The molecule has 0 spiro atoms. The van der Waals surface area contributed by atoms with Gasteiger partial charge in [0.25, 0.3) is 0 Å². The Hall–Kier alpha value is -1.28. The average Bonchev–Trinajstić information content (AvgIpc) is 2.21. The Labute approximate surface area is 98.1 Å². The van der Waals surface area contributed by atoms with E-state index >= 15 is 0 Å². The van der Waals surface area contributed by atoms with Crippen LogP contribution in [0.2, 0.25) is 0 Å². The van der Waals surface area contributed by atoms with E-state index in [1.54, 1.807) is 0 Å². The van der Waals surface area contributed by atoms with Crippen molar-refractivity contribution in [3.8, 4) is 5.75 Å². The zero-order valence-corrected chi connectivity index (χ0v) is 10.2. The van der Waals surface area contributed by atoms with Gasteiger partial charge in [0.15, 0.2) is 0 Å². The van der Waals surface area contributed by atoms with E-state index in [4.69, 9.17) is 10.5 Å². The van der Waals surface area contributed by atoms with Gasteiger partial charge < -0.3 is 10.5 Å². The molecule has 0 amide bonds. The fourth-order valence-electron chi connectivity index (χ4n) is 1.67. The SMILES string of the molecule is C=CCCOc1c(C)cccc1CC(C)N. The van der Waals surface area contributed by atoms with E-state index in [1.165, 1.54) is 11.1 Å². The molecule has 0 radical (unpaired) electrons. The van der Waals surface area contributed by atoms with Gasteiger partial charge >= 0.3 is 0 Å². The van der Waals surface area contributed by atoms with Gasteiger partial charge in [0.2, 0.25) is 0 Å². The summed E-state index contributed by atoms with van der Waals surface area (Å²) in [4.78, 5) is 0. The van der Waals surface area contributed by atoms with Crippen LogP contribution in [0.5, 0.6) is 5.75 Å². The van der Waals surface area contributed by atoms with Crippen molar-refractivity contribution in [3.63, 3.8) is 0 Å². The minimum absolute atomic E-state index is 0.156. The van der Waals surface area contributed by atoms with Crippen molar-refractivity contribution in [2.24, 2.45) is 5.73 Å². The average molecular weight is 219 g/mol. The summed E-state index contributed by atoms with van der Waals surface area (Å²) in [7, 11) is 0. The van der Waals surface area contributed by atoms with Crippen LogP contribution < -0.4 is 10.5 Å². The zero-order valence-electron chi connectivity index (χ0n) is 10.2. The van der Waals surface area contributed by atoms with Gasteiger partial charge in [-0.25, -0.2) is 0 Å². The highest BCUT2D eigenvalue weighted by Gasteiger charge is 2.08. The van der Waals surface area contributed by atoms with Gasteiger partial charge in [-0.2, -0.15) is 0 Å². The molecule has 1 rings (SSSR count). The van der Waals surface area contributed by atoms with Crippen LogP contribution in [0.15, 0.2) is 30.9 Å². The molecular formula is C14H21NO. The Kier molecular flexibility index (Phi) is 5.06. The smallest absolute Gasteiger partial charge is 0.125 e. The number of ether oxygens (including phenoxy) is 1. The second kappa shape index (κ2) is 6.33. The summed E-state index contributed by atoms with van der Waals surface area (Å²) in [5, 5.41) is 0. The number of aryl methyl sites for hydroxylation is 1. The molecule has 16 heavy (non-hydrogen) atoms. The molecule has 1 aromatic rings. The zero-order chi connectivity index (χ0) is 12.0. The van der Waals surface area contributed by atoms with Crippen LogP contribution in [0.25, 0.3) is 0 Å². The summed E-state index contributed by atoms with van der Waals surface area (Å²) in [5.41, 5.74) is 8.19. The molecule has 88 valence electrons. The van der Waals surface area contributed by atoms with Gasteiger partial charge in [0.05, 0.1) is 6.61 Å². The number of benzene rings is 1. The third-order valence-electron chi connectivity index (χ3n) is 2.40. The molecule has 0 saturated carbocycles. The normalized spacial score (nSPS) is 12.2. The molecular weight excluding hydrogens is 198 g/mol. The highest BCUT2D eigenvalue weighted by Crippen LogP contribution is 2.24. The van der Waals surface area contributed by atoms with Crippen molar-refractivity contribution in [2.75, 3.05) is 6.61 Å². The predicted octanol–water partition coefficient (Wildman–Crippen LogP) is 2.84. The Morgan fingerprint density at radius 1 is 1.50 bits per heavy atom.